The molecule has 0 saturated carbocycles. The Morgan fingerprint density at radius 1 is 1.60 bits per heavy atom. The van der Waals surface area contributed by atoms with E-state index in [-0.39, 0.29) is 11.8 Å². The van der Waals surface area contributed by atoms with Gasteiger partial charge in [0.25, 0.3) is 0 Å². The molecule has 0 spiro atoms. The number of rotatable bonds is 2. The fourth-order valence-corrected chi connectivity index (χ4v) is 1.12. The molecule has 0 bridgehead atoms. The lowest BCUT2D eigenvalue weighted by molar-refractivity contribution is -0.127. The Hall–Kier alpha value is -1.05. The van der Waals surface area contributed by atoms with E-state index < -0.39 is 0 Å². The molecule has 0 aromatic carbocycles. The Morgan fingerprint density at radius 2 is 2.30 bits per heavy atom. The van der Waals surface area contributed by atoms with E-state index in [4.69, 9.17) is 0 Å². The molecule has 1 saturated heterocycles. The summed E-state index contributed by atoms with van der Waals surface area (Å²) in [4.78, 5) is 12.8. The highest BCUT2D eigenvalue weighted by Crippen LogP contribution is 2.18. The van der Waals surface area contributed by atoms with Crippen molar-refractivity contribution in [2.75, 3.05) is 6.54 Å². The van der Waals surface area contributed by atoms with Gasteiger partial charge in [-0.1, -0.05) is 12.7 Å². The van der Waals surface area contributed by atoms with Gasteiger partial charge in [0.15, 0.2) is 0 Å². The maximum Gasteiger partial charge on any atom is 0.233 e. The molecule has 0 radical (unpaired) electrons. The van der Waals surface area contributed by atoms with Gasteiger partial charge in [0.05, 0.1) is 5.92 Å². The monoisotopic (exact) mass is 137 g/mol. The third kappa shape index (κ3) is 0.967. The zero-order valence-electron chi connectivity index (χ0n) is 5.92. The Bertz CT molecular complexity index is 156. The van der Waals surface area contributed by atoms with Crippen LogP contribution in [-0.2, 0) is 4.79 Å². The molecule has 0 aliphatic carbocycles. The molecule has 54 valence electrons. The second-order valence-electron chi connectivity index (χ2n) is 2.35. The summed E-state index contributed by atoms with van der Waals surface area (Å²) in [5, 5.41) is 0. The van der Waals surface area contributed by atoms with Crippen molar-refractivity contribution < 1.29 is 4.79 Å². The molecule has 1 unspecified atom stereocenters. The van der Waals surface area contributed by atoms with Crippen LogP contribution < -0.4 is 0 Å². The van der Waals surface area contributed by atoms with Gasteiger partial charge < -0.3 is 4.90 Å². The molecule has 1 aliphatic heterocycles. The molecular weight excluding hydrogens is 126 g/mol. The molecule has 2 heteroatoms. The van der Waals surface area contributed by atoms with Gasteiger partial charge >= 0.3 is 0 Å². The number of nitrogens with zero attached hydrogens (tertiary/aromatic N) is 1. The van der Waals surface area contributed by atoms with Crippen molar-refractivity contribution in [3.05, 3.63) is 25.4 Å². The van der Waals surface area contributed by atoms with E-state index in [9.17, 15) is 4.79 Å². The fourth-order valence-electron chi connectivity index (χ4n) is 1.12. The first-order chi connectivity index (χ1) is 4.79. The van der Waals surface area contributed by atoms with Crippen molar-refractivity contribution in [3.8, 4) is 0 Å². The summed E-state index contributed by atoms with van der Waals surface area (Å²) in [6, 6.07) is 0. The van der Waals surface area contributed by atoms with Crippen molar-refractivity contribution in [2.24, 2.45) is 5.92 Å². The lowest BCUT2D eigenvalue weighted by Crippen LogP contribution is -2.20. The zero-order valence-corrected chi connectivity index (χ0v) is 5.92. The summed E-state index contributed by atoms with van der Waals surface area (Å²) in [6.45, 7) is 7.90. The molecule has 1 heterocycles. The van der Waals surface area contributed by atoms with Gasteiger partial charge in [0, 0.05) is 6.54 Å². The Kier molecular flexibility index (Phi) is 1.90. The van der Waals surface area contributed by atoms with Crippen molar-refractivity contribution in [2.45, 2.75) is 6.42 Å². The quantitative estimate of drug-likeness (QED) is 0.523. The van der Waals surface area contributed by atoms with Crippen LogP contribution in [0.1, 0.15) is 6.42 Å². The third-order valence-electron chi connectivity index (χ3n) is 1.79. The molecule has 0 aromatic rings. The predicted molar refractivity (Wildman–Crippen MR) is 40.2 cm³/mol. The summed E-state index contributed by atoms with van der Waals surface area (Å²) < 4.78 is 0. The van der Waals surface area contributed by atoms with Crippen LogP contribution in [0.3, 0.4) is 0 Å². The summed E-state index contributed by atoms with van der Waals surface area (Å²) in [5.74, 6) is 0.156. The minimum atomic E-state index is 0.0259. The maximum atomic E-state index is 11.2. The number of hydrogen-bond acceptors (Lipinski definition) is 1. The second-order valence-corrected chi connectivity index (χ2v) is 2.35. The highest BCUT2D eigenvalue weighted by atomic mass is 16.2. The number of carbonyl (C=O) groups is 1. The normalized spacial score (nSPS) is 25.0. The zero-order chi connectivity index (χ0) is 7.56. The average Bonchev–Trinajstić information content (AvgIpc) is 2.30. The first-order valence-electron chi connectivity index (χ1n) is 3.35. The Morgan fingerprint density at radius 3 is 2.60 bits per heavy atom. The van der Waals surface area contributed by atoms with Crippen molar-refractivity contribution >= 4 is 5.91 Å². The van der Waals surface area contributed by atoms with Crippen molar-refractivity contribution in [1.82, 2.24) is 4.90 Å². The average molecular weight is 137 g/mol. The van der Waals surface area contributed by atoms with E-state index in [0.717, 1.165) is 13.0 Å². The second kappa shape index (κ2) is 2.69. The van der Waals surface area contributed by atoms with Crippen LogP contribution >= 0.6 is 0 Å². The molecular formula is C8H11NO. The SMILES string of the molecule is C=CC1CCN(C=C)C1=O. The van der Waals surface area contributed by atoms with Crippen molar-refractivity contribution in [3.63, 3.8) is 0 Å². The molecule has 1 fully saturated rings. The smallest absolute Gasteiger partial charge is 0.233 e. The molecule has 10 heavy (non-hydrogen) atoms. The van der Waals surface area contributed by atoms with Crippen LogP contribution in [0.25, 0.3) is 0 Å². The summed E-state index contributed by atoms with van der Waals surface area (Å²) in [7, 11) is 0. The van der Waals surface area contributed by atoms with Gasteiger partial charge in [-0.3, -0.25) is 4.79 Å². The maximum absolute atomic E-state index is 11.2. The molecule has 1 atom stereocenters. The van der Waals surface area contributed by atoms with Gasteiger partial charge in [-0.05, 0) is 12.6 Å². The minimum absolute atomic E-state index is 0.0259. The minimum Gasteiger partial charge on any atom is -0.319 e. The lowest BCUT2D eigenvalue weighted by atomic mass is 10.1. The molecule has 0 aromatic heterocycles. The fraction of sp³-hybridized carbons (Fsp3) is 0.375. The van der Waals surface area contributed by atoms with Gasteiger partial charge in [0.2, 0.25) is 5.91 Å². The van der Waals surface area contributed by atoms with Crippen LogP contribution in [0, 0.1) is 5.92 Å². The van der Waals surface area contributed by atoms with E-state index in [2.05, 4.69) is 13.2 Å². The number of hydrogen-bond donors (Lipinski definition) is 0. The van der Waals surface area contributed by atoms with E-state index in [0.29, 0.717) is 0 Å². The third-order valence-corrected chi connectivity index (χ3v) is 1.79. The molecule has 1 amide bonds. The van der Waals surface area contributed by atoms with Crippen LogP contribution in [0.4, 0.5) is 0 Å². The number of likely N-dealkylation sites (tertiary alicyclic amines) is 1. The van der Waals surface area contributed by atoms with Gasteiger partial charge in [-0.25, -0.2) is 0 Å². The van der Waals surface area contributed by atoms with Crippen LogP contribution in [0.15, 0.2) is 25.4 Å². The van der Waals surface area contributed by atoms with E-state index >= 15 is 0 Å². The molecule has 1 rings (SSSR count). The van der Waals surface area contributed by atoms with Crippen LogP contribution in [0.5, 0.6) is 0 Å². The van der Waals surface area contributed by atoms with E-state index in [1.54, 1.807) is 17.2 Å². The Balaban J connectivity index is 2.66. The summed E-state index contributed by atoms with van der Waals surface area (Å²) in [6.07, 6.45) is 4.16. The standard InChI is InChI=1S/C8H11NO/c1-3-7-5-6-9(4-2)8(7)10/h3-4,7H,1-2,5-6H2. The predicted octanol–water partition coefficient (Wildman–Crippen LogP) is 1.16. The summed E-state index contributed by atoms with van der Waals surface area (Å²) in [5.41, 5.74) is 0. The summed E-state index contributed by atoms with van der Waals surface area (Å²) >= 11 is 0. The molecule has 2 nitrogen and oxygen atoms in total. The van der Waals surface area contributed by atoms with Gasteiger partial charge in [0.1, 0.15) is 0 Å². The van der Waals surface area contributed by atoms with E-state index in [1.807, 2.05) is 0 Å². The number of amides is 1. The highest BCUT2D eigenvalue weighted by Gasteiger charge is 2.26. The largest absolute Gasteiger partial charge is 0.319 e. The van der Waals surface area contributed by atoms with Gasteiger partial charge in [-0.2, -0.15) is 0 Å². The first-order valence-corrected chi connectivity index (χ1v) is 3.35. The van der Waals surface area contributed by atoms with Crippen molar-refractivity contribution in [1.29, 1.82) is 0 Å². The van der Waals surface area contributed by atoms with Gasteiger partial charge in [-0.15, -0.1) is 6.58 Å². The lowest BCUT2D eigenvalue weighted by Gasteiger charge is -2.07. The van der Waals surface area contributed by atoms with E-state index in [1.165, 1.54) is 0 Å². The van der Waals surface area contributed by atoms with Crippen LogP contribution in [-0.4, -0.2) is 17.4 Å². The molecule has 1 aliphatic rings. The number of carbonyl (C=O) groups excluding carboxylic acids is 1. The first kappa shape index (κ1) is 7.06. The topological polar surface area (TPSA) is 20.3 Å². The van der Waals surface area contributed by atoms with Crippen LogP contribution in [0.2, 0.25) is 0 Å². The Labute approximate surface area is 60.8 Å². The molecule has 0 N–H and O–H groups in total. The highest BCUT2D eigenvalue weighted by molar-refractivity contribution is 5.83.